The molecule has 0 N–H and O–H groups in total. The predicted octanol–water partition coefficient (Wildman–Crippen LogP) is 8.95. The Balaban J connectivity index is -0.000000182. The molecule has 1 rings (SSSR count). The van der Waals surface area contributed by atoms with Gasteiger partial charge in [-0.1, -0.05) is 125 Å². The maximum absolute atomic E-state index is 11.7. The molecule has 1 aromatic carbocycles. The van der Waals surface area contributed by atoms with Gasteiger partial charge in [0.15, 0.2) is 0 Å². The quantitative estimate of drug-likeness (QED) is 0.206. The van der Waals surface area contributed by atoms with Crippen molar-refractivity contribution in [1.29, 1.82) is 0 Å². The van der Waals surface area contributed by atoms with E-state index in [1.54, 1.807) is 0 Å². The SMILES string of the molecule is CC(C)(C)[N-]C(C)(C)C.CC(C)(C)[N-]C(C)(C)C.CC(C)(C)[N-]C(C)(C)C.[F][GeH2][c-]1cccc1.[Hf+4]. The Bertz CT molecular complexity index is 505. The van der Waals surface area contributed by atoms with Gasteiger partial charge in [-0.2, -0.15) is 0 Å². The summed E-state index contributed by atoms with van der Waals surface area (Å²) in [5, 5.41) is 13.6. The minimum absolute atomic E-state index is 0. The van der Waals surface area contributed by atoms with Crippen LogP contribution in [0.15, 0.2) is 24.3 Å². The fraction of sp³-hybridized carbons (Fsp3) is 0.828. The van der Waals surface area contributed by atoms with Crippen LogP contribution in [0.5, 0.6) is 0 Å². The summed E-state index contributed by atoms with van der Waals surface area (Å²) in [5.74, 6) is 0. The second kappa shape index (κ2) is 17.2. The van der Waals surface area contributed by atoms with Crippen LogP contribution in [-0.4, -0.2) is 49.1 Å². The molecular weight excluding hydrogens is 660 g/mol. The van der Waals surface area contributed by atoms with Crippen LogP contribution < -0.4 is 4.40 Å². The Labute approximate surface area is 246 Å². The summed E-state index contributed by atoms with van der Waals surface area (Å²) >= 11 is -1.73. The van der Waals surface area contributed by atoms with E-state index in [1.165, 1.54) is 0 Å². The largest absolute Gasteiger partial charge is 4.00 e. The van der Waals surface area contributed by atoms with Gasteiger partial charge in [0.2, 0.25) is 0 Å². The van der Waals surface area contributed by atoms with Crippen molar-refractivity contribution in [1.82, 2.24) is 0 Å². The van der Waals surface area contributed by atoms with Gasteiger partial charge in [0.1, 0.15) is 0 Å². The molecule has 6 heteroatoms. The van der Waals surface area contributed by atoms with E-state index in [0.717, 1.165) is 4.40 Å². The van der Waals surface area contributed by atoms with E-state index in [-0.39, 0.29) is 59.1 Å². The van der Waals surface area contributed by atoms with Crippen LogP contribution in [-0.2, 0) is 25.8 Å². The molecule has 0 aliphatic heterocycles. The third kappa shape index (κ3) is 48.2. The average Bonchev–Trinajstić information content (AvgIpc) is 2.89. The summed E-state index contributed by atoms with van der Waals surface area (Å²) < 4.78 is 12.7. The molecule has 35 heavy (non-hydrogen) atoms. The van der Waals surface area contributed by atoms with Crippen molar-refractivity contribution < 1.29 is 29.3 Å². The van der Waals surface area contributed by atoms with Crippen LogP contribution in [0, 0.1) is 0 Å². The average molecular weight is 721 g/mol. The molecule has 0 unspecified atom stereocenters. The molecule has 206 valence electrons. The van der Waals surface area contributed by atoms with Crippen molar-refractivity contribution in [2.75, 3.05) is 0 Å². The van der Waals surface area contributed by atoms with Gasteiger partial charge < -0.3 is 16.0 Å². The van der Waals surface area contributed by atoms with E-state index in [4.69, 9.17) is 0 Å². The summed E-state index contributed by atoms with van der Waals surface area (Å²) in [7, 11) is 0. The Morgan fingerprint density at radius 3 is 0.686 bits per heavy atom. The Morgan fingerprint density at radius 2 is 0.629 bits per heavy atom. The Morgan fingerprint density at radius 1 is 0.457 bits per heavy atom. The van der Waals surface area contributed by atoms with E-state index >= 15 is 0 Å². The summed E-state index contributed by atoms with van der Waals surface area (Å²) in [6.07, 6.45) is 0. The first-order valence-corrected chi connectivity index (χ1v) is 15.1. The molecule has 0 radical (unpaired) electrons. The third-order valence-electron chi connectivity index (χ3n) is 2.90. The van der Waals surface area contributed by atoms with Gasteiger partial charge in [0, 0.05) is 0 Å². The zero-order chi connectivity index (χ0) is 28.2. The first-order chi connectivity index (χ1) is 14.6. The van der Waals surface area contributed by atoms with E-state index in [1.807, 2.05) is 24.3 Å². The standard InChI is InChI=1S/3C8H18N.C5H6FGe.Hf/c3*1-7(2,3)9-8(4,5)6;6-7-5-3-1-2-4-5;/h3*1-6H3;1-4H,7H2;/q4*-1;+4. The number of hydrogen-bond acceptors (Lipinski definition) is 0. The molecule has 0 aliphatic rings. The van der Waals surface area contributed by atoms with Gasteiger partial charge in [-0.3, -0.25) is 0 Å². The molecule has 3 nitrogen and oxygen atoms in total. The fourth-order valence-electron chi connectivity index (χ4n) is 3.52. The second-order valence-electron chi connectivity index (χ2n) is 14.8. The van der Waals surface area contributed by atoms with Crippen molar-refractivity contribution in [3.05, 3.63) is 40.2 Å². The maximum Gasteiger partial charge on any atom is 4.00 e. The van der Waals surface area contributed by atoms with Crippen molar-refractivity contribution in [3.8, 4) is 0 Å². The molecule has 0 atom stereocenters. The van der Waals surface area contributed by atoms with Gasteiger partial charge in [0.05, 0.1) is 0 Å². The van der Waals surface area contributed by atoms with E-state index in [9.17, 15) is 3.50 Å². The van der Waals surface area contributed by atoms with E-state index in [2.05, 4.69) is 141 Å². The molecule has 1 aromatic rings. The van der Waals surface area contributed by atoms with E-state index < -0.39 is 15.9 Å². The smallest absolute Gasteiger partial charge is 4.00 e. The zero-order valence-corrected chi connectivity index (χ0v) is 33.3. The molecule has 0 aliphatic carbocycles. The first kappa shape index (κ1) is 42.7. The Hall–Kier alpha value is 0.573. The van der Waals surface area contributed by atoms with Crippen molar-refractivity contribution in [2.24, 2.45) is 0 Å². The number of rotatable bonds is 1. The number of nitrogens with zero attached hydrogens (tertiary/aromatic N) is 3. The van der Waals surface area contributed by atoms with Crippen LogP contribution in [0.3, 0.4) is 0 Å². The minimum Gasteiger partial charge on any atom is 4.00 e. The third-order valence-corrected chi connectivity index (χ3v) is 4.54. The summed E-state index contributed by atoms with van der Waals surface area (Å²) in [6, 6.07) is 7.44. The summed E-state index contributed by atoms with van der Waals surface area (Å²) in [4.78, 5) is 0. The second-order valence-corrected chi connectivity index (χ2v) is 17.1. The molecule has 0 fully saturated rings. The van der Waals surface area contributed by atoms with Gasteiger partial charge in [-0.05, 0) is 0 Å². The molecule has 0 aromatic heterocycles. The van der Waals surface area contributed by atoms with Crippen LogP contribution >= 0.6 is 0 Å². The van der Waals surface area contributed by atoms with Crippen molar-refractivity contribution >= 4 is 20.3 Å². The van der Waals surface area contributed by atoms with Gasteiger partial charge in [-0.25, -0.2) is 0 Å². The van der Waals surface area contributed by atoms with Gasteiger partial charge in [0.25, 0.3) is 0 Å². The van der Waals surface area contributed by atoms with Crippen molar-refractivity contribution in [2.45, 2.75) is 158 Å². The van der Waals surface area contributed by atoms with Crippen LogP contribution in [0.4, 0.5) is 3.50 Å². The molecule has 0 saturated carbocycles. The molecule has 0 spiro atoms. The van der Waals surface area contributed by atoms with Crippen molar-refractivity contribution in [3.63, 3.8) is 0 Å². The normalized spacial score (nSPS) is 13.0. The van der Waals surface area contributed by atoms with Gasteiger partial charge >= 0.3 is 73.9 Å². The monoisotopic (exact) mass is 723 g/mol. The zero-order valence-electron chi connectivity index (χ0n) is 26.7. The molecular formula is C29H60FGeHfN3. The van der Waals surface area contributed by atoms with Crippen LogP contribution in [0.1, 0.15) is 125 Å². The summed E-state index contributed by atoms with van der Waals surface area (Å²) in [5.41, 5.74) is 0.656. The number of hydrogen-bond donors (Lipinski definition) is 0. The van der Waals surface area contributed by atoms with Gasteiger partial charge in [-0.15, -0.1) is 33.2 Å². The first-order valence-electron chi connectivity index (χ1n) is 12.5. The van der Waals surface area contributed by atoms with Crippen LogP contribution in [0.25, 0.3) is 16.0 Å². The topological polar surface area (TPSA) is 42.3 Å². The number of halogens is 1. The van der Waals surface area contributed by atoms with E-state index in [0.29, 0.717) is 0 Å². The molecule has 0 amide bonds. The predicted molar refractivity (Wildman–Crippen MR) is 160 cm³/mol. The maximum atomic E-state index is 11.7. The van der Waals surface area contributed by atoms with Crippen LogP contribution in [0.2, 0.25) is 0 Å². The summed E-state index contributed by atoms with van der Waals surface area (Å²) in [6.45, 7) is 38.2. The molecule has 0 saturated heterocycles. The molecule has 0 heterocycles. The minimum atomic E-state index is -1.73. The Kier molecular flexibility index (Phi) is 21.0. The molecule has 0 bridgehead atoms. The fourth-order valence-corrected chi connectivity index (χ4v) is 4.47.